The minimum atomic E-state index is -3.64. The van der Waals surface area contributed by atoms with Gasteiger partial charge in [-0.05, 0) is 41.7 Å². The lowest BCUT2D eigenvalue weighted by Crippen LogP contribution is -2.40. The van der Waals surface area contributed by atoms with Gasteiger partial charge in [-0.25, -0.2) is 8.42 Å². The molecule has 3 rings (SSSR count). The van der Waals surface area contributed by atoms with E-state index in [1.807, 2.05) is 19.1 Å². The van der Waals surface area contributed by atoms with Gasteiger partial charge in [-0.3, -0.25) is 4.79 Å². The third-order valence-electron chi connectivity index (χ3n) is 5.33. The van der Waals surface area contributed by atoms with Crippen molar-refractivity contribution in [2.75, 3.05) is 26.3 Å². The third-order valence-corrected chi connectivity index (χ3v) is 7.22. The SMILES string of the molecule is CC(NC(=O)c1cccc(S(=O)(=O)N2CCOCC2)c1)c1ccc(C(C)(C)C)cc1. The monoisotopic (exact) mass is 430 g/mol. The molecule has 0 aliphatic carbocycles. The molecule has 1 aliphatic heterocycles. The van der Waals surface area contributed by atoms with Gasteiger partial charge in [-0.15, -0.1) is 0 Å². The first kappa shape index (κ1) is 22.5. The highest BCUT2D eigenvalue weighted by molar-refractivity contribution is 7.89. The number of nitrogens with zero attached hydrogens (tertiary/aromatic N) is 1. The summed E-state index contributed by atoms with van der Waals surface area (Å²) in [6, 6.07) is 14.2. The summed E-state index contributed by atoms with van der Waals surface area (Å²) in [5.41, 5.74) is 2.61. The van der Waals surface area contributed by atoms with Crippen molar-refractivity contribution in [2.45, 2.75) is 44.0 Å². The van der Waals surface area contributed by atoms with Crippen LogP contribution in [0, 0.1) is 0 Å². The minimum absolute atomic E-state index is 0.0669. The molecule has 2 aromatic rings. The van der Waals surface area contributed by atoms with Crippen molar-refractivity contribution in [3.63, 3.8) is 0 Å². The zero-order valence-electron chi connectivity index (χ0n) is 18.0. The van der Waals surface area contributed by atoms with Crippen LogP contribution in [0.1, 0.15) is 55.2 Å². The Morgan fingerprint density at radius 2 is 1.70 bits per heavy atom. The first-order chi connectivity index (χ1) is 14.1. The second-order valence-electron chi connectivity index (χ2n) is 8.61. The van der Waals surface area contributed by atoms with Crippen LogP contribution in [-0.2, 0) is 20.2 Å². The van der Waals surface area contributed by atoms with E-state index in [4.69, 9.17) is 4.74 Å². The summed E-state index contributed by atoms with van der Waals surface area (Å²) in [5, 5.41) is 2.96. The van der Waals surface area contributed by atoms with Crippen molar-refractivity contribution >= 4 is 15.9 Å². The van der Waals surface area contributed by atoms with Crippen LogP contribution in [0.5, 0.6) is 0 Å². The minimum Gasteiger partial charge on any atom is -0.379 e. The van der Waals surface area contributed by atoms with E-state index in [1.54, 1.807) is 12.1 Å². The number of hydrogen-bond acceptors (Lipinski definition) is 4. The maximum absolute atomic E-state index is 12.9. The average molecular weight is 431 g/mol. The number of benzene rings is 2. The number of carbonyl (C=O) groups excluding carboxylic acids is 1. The molecule has 1 aliphatic rings. The van der Waals surface area contributed by atoms with Crippen LogP contribution in [-0.4, -0.2) is 44.9 Å². The molecule has 6 nitrogen and oxygen atoms in total. The van der Waals surface area contributed by atoms with Gasteiger partial charge >= 0.3 is 0 Å². The molecule has 1 fully saturated rings. The Morgan fingerprint density at radius 1 is 1.07 bits per heavy atom. The van der Waals surface area contributed by atoms with E-state index in [0.717, 1.165) is 5.56 Å². The molecule has 0 aromatic heterocycles. The van der Waals surface area contributed by atoms with Crippen LogP contribution in [0.2, 0.25) is 0 Å². The summed E-state index contributed by atoms with van der Waals surface area (Å²) < 4.78 is 32.3. The van der Waals surface area contributed by atoms with Gasteiger partial charge in [0.05, 0.1) is 24.2 Å². The van der Waals surface area contributed by atoms with Gasteiger partial charge in [0.1, 0.15) is 0 Å². The number of hydrogen-bond donors (Lipinski definition) is 1. The number of carbonyl (C=O) groups is 1. The summed E-state index contributed by atoms with van der Waals surface area (Å²) in [5.74, 6) is -0.304. The van der Waals surface area contributed by atoms with E-state index in [-0.39, 0.29) is 22.3 Å². The number of ether oxygens (including phenoxy) is 1. The highest BCUT2D eigenvalue weighted by Crippen LogP contribution is 2.24. The van der Waals surface area contributed by atoms with E-state index in [1.165, 1.54) is 22.0 Å². The van der Waals surface area contributed by atoms with Gasteiger partial charge in [0.2, 0.25) is 10.0 Å². The predicted molar refractivity (Wildman–Crippen MR) is 117 cm³/mol. The molecule has 30 heavy (non-hydrogen) atoms. The highest BCUT2D eigenvalue weighted by atomic mass is 32.2. The van der Waals surface area contributed by atoms with Gasteiger partial charge < -0.3 is 10.1 Å². The molecule has 1 atom stereocenters. The molecule has 0 spiro atoms. The Hall–Kier alpha value is -2.22. The standard InChI is InChI=1S/C23H30N2O4S/c1-17(18-8-10-20(11-9-18)23(2,3)4)24-22(26)19-6-5-7-21(16-19)30(27,28)25-12-14-29-15-13-25/h5-11,16-17H,12-15H2,1-4H3,(H,24,26). The van der Waals surface area contributed by atoms with E-state index >= 15 is 0 Å². The first-order valence-electron chi connectivity index (χ1n) is 10.2. The molecule has 1 amide bonds. The molecule has 0 bridgehead atoms. The van der Waals surface area contributed by atoms with Crippen molar-refractivity contribution in [3.8, 4) is 0 Å². The molecule has 1 N–H and O–H groups in total. The largest absolute Gasteiger partial charge is 0.379 e. The average Bonchev–Trinajstić information content (AvgIpc) is 2.74. The Balaban J connectivity index is 1.73. The predicted octanol–water partition coefficient (Wildman–Crippen LogP) is 3.50. The normalized spacial score (nSPS) is 16.8. The van der Waals surface area contributed by atoms with Crippen molar-refractivity contribution < 1.29 is 17.9 Å². The number of morpholine rings is 1. The van der Waals surface area contributed by atoms with Crippen LogP contribution in [0.4, 0.5) is 0 Å². The number of nitrogens with one attached hydrogen (secondary N) is 1. The smallest absolute Gasteiger partial charge is 0.251 e. The summed E-state index contributed by atoms with van der Waals surface area (Å²) >= 11 is 0. The molecule has 162 valence electrons. The number of rotatable bonds is 5. The van der Waals surface area contributed by atoms with Crippen LogP contribution in [0.3, 0.4) is 0 Å². The Bertz CT molecular complexity index is 989. The topological polar surface area (TPSA) is 75.7 Å². The number of sulfonamides is 1. The van der Waals surface area contributed by atoms with Crippen LogP contribution < -0.4 is 5.32 Å². The van der Waals surface area contributed by atoms with Gasteiger partial charge in [0, 0.05) is 18.7 Å². The first-order valence-corrected chi connectivity index (χ1v) is 11.6. The maximum atomic E-state index is 12.9. The van der Waals surface area contributed by atoms with Crippen LogP contribution >= 0.6 is 0 Å². The Morgan fingerprint density at radius 3 is 2.30 bits per heavy atom. The molecular weight excluding hydrogens is 400 g/mol. The lowest BCUT2D eigenvalue weighted by molar-refractivity contribution is 0.0730. The lowest BCUT2D eigenvalue weighted by Gasteiger charge is -2.26. The Labute approximate surface area is 179 Å². The van der Waals surface area contributed by atoms with Gasteiger partial charge in [0.15, 0.2) is 0 Å². The molecular formula is C23H30N2O4S. The van der Waals surface area contributed by atoms with E-state index in [9.17, 15) is 13.2 Å². The molecule has 1 unspecified atom stereocenters. The maximum Gasteiger partial charge on any atom is 0.251 e. The fourth-order valence-electron chi connectivity index (χ4n) is 3.37. The van der Waals surface area contributed by atoms with Crippen molar-refractivity contribution in [2.24, 2.45) is 0 Å². The van der Waals surface area contributed by atoms with E-state index in [2.05, 4.69) is 38.2 Å². The van der Waals surface area contributed by atoms with Crippen molar-refractivity contribution in [1.29, 1.82) is 0 Å². The van der Waals surface area contributed by atoms with E-state index in [0.29, 0.717) is 31.9 Å². The van der Waals surface area contributed by atoms with Crippen LogP contribution in [0.15, 0.2) is 53.4 Å². The lowest BCUT2D eigenvalue weighted by atomic mass is 9.86. The Kier molecular flexibility index (Phi) is 6.65. The fourth-order valence-corrected chi connectivity index (χ4v) is 4.82. The summed E-state index contributed by atoms with van der Waals surface area (Å²) in [6.07, 6.45) is 0. The van der Waals surface area contributed by atoms with Gasteiger partial charge in [-0.1, -0.05) is 51.1 Å². The molecule has 2 aromatic carbocycles. The molecule has 0 radical (unpaired) electrons. The van der Waals surface area contributed by atoms with E-state index < -0.39 is 10.0 Å². The summed E-state index contributed by atoms with van der Waals surface area (Å²) in [4.78, 5) is 12.9. The zero-order valence-corrected chi connectivity index (χ0v) is 18.8. The summed E-state index contributed by atoms with van der Waals surface area (Å²) in [6.45, 7) is 9.79. The van der Waals surface area contributed by atoms with Gasteiger partial charge in [0.25, 0.3) is 5.91 Å². The number of amides is 1. The summed E-state index contributed by atoms with van der Waals surface area (Å²) in [7, 11) is -3.64. The molecule has 7 heteroatoms. The molecule has 1 saturated heterocycles. The quantitative estimate of drug-likeness (QED) is 0.788. The fraction of sp³-hybridized carbons (Fsp3) is 0.435. The second kappa shape index (κ2) is 8.88. The van der Waals surface area contributed by atoms with Crippen LogP contribution in [0.25, 0.3) is 0 Å². The third kappa shape index (κ3) is 5.09. The second-order valence-corrected chi connectivity index (χ2v) is 10.5. The molecule has 0 saturated carbocycles. The van der Waals surface area contributed by atoms with Crippen molar-refractivity contribution in [1.82, 2.24) is 9.62 Å². The zero-order chi connectivity index (χ0) is 21.9. The van der Waals surface area contributed by atoms with Crippen molar-refractivity contribution in [3.05, 3.63) is 65.2 Å². The van der Waals surface area contributed by atoms with Gasteiger partial charge in [-0.2, -0.15) is 4.31 Å². The highest BCUT2D eigenvalue weighted by Gasteiger charge is 2.27. The molecule has 1 heterocycles.